The molecule has 2 saturated heterocycles. The molecule has 3 N–H and O–H groups in total. The number of hydrogen-bond acceptors (Lipinski definition) is 4. The number of fused-ring (bicyclic) bond motifs is 2. The Morgan fingerprint density at radius 2 is 1.65 bits per heavy atom. The minimum absolute atomic E-state index is 0.0276. The number of halogens is 2. The SMILES string of the molecule is CC.CC.NC(=O)N1CCC(CNC(=O)C2CCN(C3c4ccc(Cl)cc4CCc4cc(Br)cnc43)CC2)CC1. The number of benzene rings is 1. The molecule has 3 aliphatic rings. The van der Waals surface area contributed by atoms with Gasteiger partial charge in [0.2, 0.25) is 5.91 Å². The molecular formula is C31H45BrClN5O2. The second kappa shape index (κ2) is 15.7. The first kappa shape index (κ1) is 32.4. The van der Waals surface area contributed by atoms with E-state index >= 15 is 0 Å². The minimum Gasteiger partial charge on any atom is -0.356 e. The fourth-order valence-electron chi connectivity index (χ4n) is 5.95. The highest BCUT2D eigenvalue weighted by atomic mass is 79.9. The molecule has 5 rings (SSSR count). The molecule has 7 nitrogen and oxygen atoms in total. The molecule has 40 heavy (non-hydrogen) atoms. The Kier molecular flexibility index (Phi) is 12.7. The van der Waals surface area contributed by atoms with Gasteiger partial charge in [0.15, 0.2) is 0 Å². The molecule has 2 aromatic rings. The van der Waals surface area contributed by atoms with Gasteiger partial charge in [-0.3, -0.25) is 14.7 Å². The molecule has 2 fully saturated rings. The van der Waals surface area contributed by atoms with Crippen LogP contribution in [0.25, 0.3) is 0 Å². The summed E-state index contributed by atoms with van der Waals surface area (Å²) < 4.78 is 1.000. The fourth-order valence-corrected chi connectivity index (χ4v) is 6.52. The zero-order chi connectivity index (χ0) is 29.2. The van der Waals surface area contributed by atoms with Crippen LogP contribution in [0.1, 0.15) is 81.8 Å². The van der Waals surface area contributed by atoms with Crippen LogP contribution < -0.4 is 11.1 Å². The van der Waals surface area contributed by atoms with E-state index in [9.17, 15) is 9.59 Å². The number of amides is 3. The number of pyridine rings is 1. The van der Waals surface area contributed by atoms with Crippen molar-refractivity contribution in [1.82, 2.24) is 20.1 Å². The number of hydrogen-bond donors (Lipinski definition) is 2. The molecule has 0 saturated carbocycles. The van der Waals surface area contributed by atoms with Crippen molar-refractivity contribution in [1.29, 1.82) is 0 Å². The zero-order valence-corrected chi connectivity index (χ0v) is 26.7. The number of rotatable bonds is 4. The van der Waals surface area contributed by atoms with Crippen LogP contribution in [-0.4, -0.2) is 59.4 Å². The van der Waals surface area contributed by atoms with Gasteiger partial charge in [0.1, 0.15) is 0 Å². The van der Waals surface area contributed by atoms with Gasteiger partial charge in [-0.1, -0.05) is 45.4 Å². The number of carbonyl (C=O) groups is 2. The van der Waals surface area contributed by atoms with E-state index in [1.165, 1.54) is 16.7 Å². The third kappa shape index (κ3) is 7.98. The first-order chi connectivity index (χ1) is 19.4. The van der Waals surface area contributed by atoms with E-state index in [-0.39, 0.29) is 23.9 Å². The lowest BCUT2D eigenvalue weighted by Gasteiger charge is -2.38. The fraction of sp³-hybridized carbons (Fsp3) is 0.581. The van der Waals surface area contributed by atoms with Crippen LogP contribution >= 0.6 is 27.5 Å². The summed E-state index contributed by atoms with van der Waals surface area (Å²) in [5.41, 5.74) is 10.3. The standard InChI is InChI=1S/C27H33BrClN5O2.2C2H6/c28-21-13-20-2-1-19-14-22(29)3-4-23(19)25(24(20)31-16-21)33-11-7-18(8-12-33)26(35)32-15-17-5-9-34(10-6-17)27(30)36;2*1-2/h3-4,13-14,16-18,25H,1-2,5-12,15H2,(H2,30,36)(H,32,35);2*1-2H3. The number of nitrogens with two attached hydrogens (primary N) is 1. The highest BCUT2D eigenvalue weighted by Gasteiger charge is 2.34. The largest absolute Gasteiger partial charge is 0.356 e. The first-order valence-electron chi connectivity index (χ1n) is 14.9. The Morgan fingerprint density at radius 1 is 1.00 bits per heavy atom. The number of piperidine rings is 2. The van der Waals surface area contributed by atoms with Gasteiger partial charge in [-0.25, -0.2) is 4.79 Å². The highest BCUT2D eigenvalue weighted by Crippen LogP contribution is 2.39. The van der Waals surface area contributed by atoms with Crippen LogP contribution in [0, 0.1) is 11.8 Å². The maximum atomic E-state index is 13.0. The maximum Gasteiger partial charge on any atom is 0.314 e. The van der Waals surface area contributed by atoms with Gasteiger partial charge in [-0.2, -0.15) is 0 Å². The van der Waals surface area contributed by atoms with E-state index in [4.69, 9.17) is 22.3 Å². The van der Waals surface area contributed by atoms with Gasteiger partial charge >= 0.3 is 6.03 Å². The number of aromatic nitrogens is 1. The van der Waals surface area contributed by atoms with Crippen molar-refractivity contribution in [3.05, 3.63) is 62.3 Å². The summed E-state index contributed by atoms with van der Waals surface area (Å²) in [6.07, 6.45) is 7.19. The van der Waals surface area contributed by atoms with Crippen molar-refractivity contribution in [3.8, 4) is 0 Å². The third-order valence-corrected chi connectivity index (χ3v) is 8.72. The molecule has 0 spiro atoms. The van der Waals surface area contributed by atoms with E-state index in [0.717, 1.165) is 66.8 Å². The molecule has 3 amide bonds. The smallest absolute Gasteiger partial charge is 0.314 e. The molecule has 1 aromatic heterocycles. The Bertz CT molecular complexity index is 1080. The monoisotopic (exact) mass is 633 g/mol. The Balaban J connectivity index is 0.00000106. The van der Waals surface area contributed by atoms with Gasteiger partial charge in [-0.05, 0) is 108 Å². The molecule has 2 aliphatic heterocycles. The lowest BCUT2D eigenvalue weighted by atomic mass is 9.90. The summed E-state index contributed by atoms with van der Waals surface area (Å²) in [7, 11) is 0. The summed E-state index contributed by atoms with van der Waals surface area (Å²) in [5.74, 6) is 0.586. The van der Waals surface area contributed by atoms with Crippen molar-refractivity contribution in [3.63, 3.8) is 0 Å². The summed E-state index contributed by atoms with van der Waals surface area (Å²) in [6, 6.07) is 8.14. The third-order valence-electron chi connectivity index (χ3n) is 8.05. The molecule has 0 radical (unpaired) electrons. The molecule has 1 unspecified atom stereocenters. The summed E-state index contributed by atoms with van der Waals surface area (Å²) >= 11 is 9.95. The number of carbonyl (C=O) groups excluding carboxylic acids is 2. The van der Waals surface area contributed by atoms with Crippen molar-refractivity contribution in [2.75, 3.05) is 32.7 Å². The number of likely N-dealkylation sites (tertiary alicyclic amines) is 2. The predicted octanol–water partition coefficient (Wildman–Crippen LogP) is 6.36. The average molecular weight is 635 g/mol. The van der Waals surface area contributed by atoms with Crippen LogP contribution in [0.5, 0.6) is 0 Å². The number of primary amides is 1. The average Bonchev–Trinajstić information content (AvgIpc) is 3.14. The lowest BCUT2D eigenvalue weighted by Crippen LogP contribution is -2.46. The van der Waals surface area contributed by atoms with Crippen molar-refractivity contribution in [2.45, 2.75) is 72.3 Å². The van der Waals surface area contributed by atoms with Crippen molar-refractivity contribution < 1.29 is 9.59 Å². The summed E-state index contributed by atoms with van der Waals surface area (Å²) in [6.45, 7) is 11.7. The van der Waals surface area contributed by atoms with Crippen molar-refractivity contribution in [2.24, 2.45) is 17.6 Å². The van der Waals surface area contributed by atoms with E-state index in [2.05, 4.69) is 44.3 Å². The Labute approximate surface area is 253 Å². The van der Waals surface area contributed by atoms with Gasteiger partial charge < -0.3 is 16.0 Å². The number of nitrogens with one attached hydrogen (secondary N) is 1. The van der Waals surface area contributed by atoms with Crippen LogP contribution in [0.3, 0.4) is 0 Å². The van der Waals surface area contributed by atoms with Crippen LogP contribution in [0.2, 0.25) is 5.02 Å². The van der Waals surface area contributed by atoms with Gasteiger partial charge in [0, 0.05) is 41.2 Å². The summed E-state index contributed by atoms with van der Waals surface area (Å²) in [5, 5.41) is 3.96. The van der Waals surface area contributed by atoms with Crippen LogP contribution in [-0.2, 0) is 17.6 Å². The highest BCUT2D eigenvalue weighted by molar-refractivity contribution is 9.10. The molecule has 1 aliphatic carbocycles. The molecule has 1 atom stereocenters. The molecule has 1 aromatic carbocycles. The normalized spacial score (nSPS) is 19.6. The zero-order valence-electron chi connectivity index (χ0n) is 24.4. The quantitative estimate of drug-likeness (QED) is 0.410. The van der Waals surface area contributed by atoms with E-state index in [1.54, 1.807) is 4.90 Å². The van der Waals surface area contributed by atoms with Gasteiger partial charge in [0.05, 0.1) is 11.7 Å². The van der Waals surface area contributed by atoms with Gasteiger partial charge in [-0.15, -0.1) is 0 Å². The molecular weight excluding hydrogens is 590 g/mol. The number of nitrogens with zero attached hydrogens (tertiary/aromatic N) is 3. The second-order valence-electron chi connectivity index (χ2n) is 10.3. The Morgan fingerprint density at radius 3 is 2.30 bits per heavy atom. The van der Waals surface area contributed by atoms with E-state index in [1.807, 2.05) is 40.0 Å². The molecule has 0 bridgehead atoms. The first-order valence-corrected chi connectivity index (χ1v) is 16.0. The topological polar surface area (TPSA) is 91.6 Å². The number of aryl methyl sites for hydroxylation is 2. The maximum absolute atomic E-state index is 13.0. The predicted molar refractivity (Wildman–Crippen MR) is 167 cm³/mol. The minimum atomic E-state index is -0.353. The molecule has 3 heterocycles. The molecule has 220 valence electrons. The lowest BCUT2D eigenvalue weighted by molar-refractivity contribution is -0.126. The Hall–Kier alpha value is -2.16. The van der Waals surface area contributed by atoms with E-state index in [0.29, 0.717) is 25.6 Å². The summed E-state index contributed by atoms with van der Waals surface area (Å²) in [4.78, 5) is 33.3. The van der Waals surface area contributed by atoms with Gasteiger partial charge in [0.25, 0.3) is 0 Å². The van der Waals surface area contributed by atoms with Crippen LogP contribution in [0.15, 0.2) is 34.9 Å². The number of urea groups is 1. The van der Waals surface area contributed by atoms with E-state index < -0.39 is 0 Å². The van der Waals surface area contributed by atoms with Crippen molar-refractivity contribution >= 4 is 39.5 Å². The van der Waals surface area contributed by atoms with Crippen LogP contribution in [0.4, 0.5) is 4.79 Å². The second-order valence-corrected chi connectivity index (χ2v) is 11.6. The molecule has 9 heteroatoms.